The topological polar surface area (TPSA) is 56.2 Å². The van der Waals surface area contributed by atoms with Gasteiger partial charge in [-0.3, -0.25) is 4.79 Å². The largest absolute Gasteiger partial charge is 0.494 e. The molecule has 0 radical (unpaired) electrons. The molecule has 36 heavy (non-hydrogen) atoms. The Balaban J connectivity index is 1.30. The number of unbranched alkanes of at least 4 members (excludes halogenated alkanes) is 1. The fourth-order valence-corrected chi connectivity index (χ4v) is 4.60. The molecule has 0 saturated carbocycles. The first-order valence-electron chi connectivity index (χ1n) is 12.6. The monoisotopic (exact) mass is 503 g/mol. The molecule has 6 heteroatoms. The fraction of sp³-hybridized carbons (Fsp3) is 0.333. The van der Waals surface area contributed by atoms with Gasteiger partial charge in [0.1, 0.15) is 11.6 Å². The minimum Gasteiger partial charge on any atom is -0.494 e. The van der Waals surface area contributed by atoms with Gasteiger partial charge >= 0.3 is 0 Å². The molecule has 0 fully saturated rings. The van der Waals surface area contributed by atoms with Gasteiger partial charge in [-0.15, -0.1) is 0 Å². The van der Waals surface area contributed by atoms with Crippen LogP contribution in [-0.2, 0) is 13.0 Å². The lowest BCUT2D eigenvalue weighted by molar-refractivity contribution is 0.0952. The summed E-state index contributed by atoms with van der Waals surface area (Å²) < 4.78 is 8.30. The second-order valence-electron chi connectivity index (χ2n) is 9.27. The number of aromatic nitrogens is 2. The molecule has 4 aromatic rings. The highest BCUT2D eigenvalue weighted by Gasteiger charge is 2.12. The van der Waals surface area contributed by atoms with Gasteiger partial charge in [0.25, 0.3) is 5.91 Å². The summed E-state index contributed by atoms with van der Waals surface area (Å²) in [5.74, 6) is 1.91. The zero-order valence-electron chi connectivity index (χ0n) is 21.3. The predicted molar refractivity (Wildman–Crippen MR) is 147 cm³/mol. The number of halogens is 1. The number of amides is 1. The highest BCUT2D eigenvalue weighted by molar-refractivity contribution is 6.32. The highest BCUT2D eigenvalue weighted by atomic mass is 35.5. The summed E-state index contributed by atoms with van der Waals surface area (Å²) in [4.78, 5) is 17.4. The first kappa shape index (κ1) is 25.8. The Labute approximate surface area is 218 Å². The molecule has 0 saturated heterocycles. The van der Waals surface area contributed by atoms with Crippen LogP contribution in [-0.4, -0.2) is 28.6 Å². The van der Waals surface area contributed by atoms with Crippen molar-refractivity contribution in [1.82, 2.24) is 14.9 Å². The third-order valence-corrected chi connectivity index (χ3v) is 7.04. The maximum absolute atomic E-state index is 12.5. The lowest BCUT2D eigenvalue weighted by Gasteiger charge is -2.12. The van der Waals surface area contributed by atoms with Gasteiger partial charge in [-0.1, -0.05) is 41.9 Å². The van der Waals surface area contributed by atoms with Crippen molar-refractivity contribution >= 4 is 28.5 Å². The van der Waals surface area contributed by atoms with Gasteiger partial charge in [0.05, 0.1) is 17.6 Å². The minimum absolute atomic E-state index is 0.0207. The van der Waals surface area contributed by atoms with Crippen molar-refractivity contribution in [2.45, 2.75) is 53.0 Å². The van der Waals surface area contributed by atoms with Crippen LogP contribution in [0.2, 0.25) is 5.02 Å². The average Bonchev–Trinajstić information content (AvgIpc) is 3.22. The summed E-state index contributed by atoms with van der Waals surface area (Å²) >= 11 is 6.26. The van der Waals surface area contributed by atoms with Gasteiger partial charge in [0.15, 0.2) is 0 Å². The van der Waals surface area contributed by atoms with Crippen LogP contribution in [0.1, 0.15) is 52.1 Å². The van der Waals surface area contributed by atoms with E-state index in [1.807, 2.05) is 63.2 Å². The molecule has 0 bridgehead atoms. The van der Waals surface area contributed by atoms with Gasteiger partial charge in [0, 0.05) is 30.1 Å². The van der Waals surface area contributed by atoms with Crippen LogP contribution in [0.3, 0.4) is 0 Å². The Bertz CT molecular complexity index is 1320. The summed E-state index contributed by atoms with van der Waals surface area (Å²) in [6.45, 7) is 8.12. The molecule has 0 aliphatic carbocycles. The lowest BCUT2D eigenvalue weighted by Crippen LogP contribution is -2.25. The molecule has 1 aromatic heterocycles. The van der Waals surface area contributed by atoms with E-state index in [1.165, 1.54) is 0 Å². The molecule has 4 rings (SSSR count). The maximum atomic E-state index is 12.5. The van der Waals surface area contributed by atoms with Gasteiger partial charge in [-0.25, -0.2) is 4.98 Å². The van der Waals surface area contributed by atoms with Crippen LogP contribution in [0.25, 0.3) is 11.0 Å². The van der Waals surface area contributed by atoms with Crippen molar-refractivity contribution in [3.63, 3.8) is 0 Å². The number of nitrogens with one attached hydrogen (secondary N) is 1. The number of fused-ring (bicyclic) bond motifs is 1. The Hall–Kier alpha value is -3.31. The van der Waals surface area contributed by atoms with Gasteiger partial charge < -0.3 is 14.6 Å². The number of carbonyl (C=O) groups excluding carboxylic acids is 1. The molecule has 0 aliphatic rings. The van der Waals surface area contributed by atoms with E-state index < -0.39 is 0 Å². The molecular formula is C30H34ClN3O2. The molecule has 0 spiro atoms. The second-order valence-corrected chi connectivity index (χ2v) is 9.65. The van der Waals surface area contributed by atoms with Gasteiger partial charge in [0.2, 0.25) is 0 Å². The van der Waals surface area contributed by atoms with E-state index in [1.54, 1.807) is 0 Å². The van der Waals surface area contributed by atoms with Crippen molar-refractivity contribution < 1.29 is 9.53 Å². The van der Waals surface area contributed by atoms with Crippen molar-refractivity contribution in [2.75, 3.05) is 13.2 Å². The number of carbonyl (C=O) groups is 1. The third-order valence-electron chi connectivity index (χ3n) is 6.44. The zero-order chi connectivity index (χ0) is 25.5. The predicted octanol–water partition coefficient (Wildman–Crippen LogP) is 6.84. The van der Waals surface area contributed by atoms with Gasteiger partial charge in [-0.05, 0) is 87.1 Å². The SMILES string of the molecule is Cc1ccccc1C(=O)NCCCc1nc2ccccc2n1CCCCOc1cc(C)c(Cl)c(C)c1. The van der Waals surface area contributed by atoms with E-state index in [0.29, 0.717) is 13.2 Å². The van der Waals surface area contributed by atoms with Gasteiger partial charge in [-0.2, -0.15) is 0 Å². The number of rotatable bonds is 11. The second kappa shape index (κ2) is 12.1. The Morgan fingerprint density at radius 3 is 2.44 bits per heavy atom. The smallest absolute Gasteiger partial charge is 0.251 e. The van der Waals surface area contributed by atoms with Crippen molar-refractivity contribution in [3.8, 4) is 5.75 Å². The molecule has 1 amide bonds. The summed E-state index contributed by atoms with van der Waals surface area (Å²) in [5.41, 5.74) is 5.96. The number of aryl methyl sites for hydroxylation is 5. The van der Waals surface area contributed by atoms with E-state index in [9.17, 15) is 4.79 Å². The summed E-state index contributed by atoms with van der Waals surface area (Å²) in [6, 6.07) is 19.9. The number of nitrogens with zero attached hydrogens (tertiary/aromatic N) is 2. The Morgan fingerprint density at radius 1 is 0.944 bits per heavy atom. The quantitative estimate of drug-likeness (QED) is 0.228. The van der Waals surface area contributed by atoms with Crippen LogP contribution in [0, 0.1) is 20.8 Å². The molecule has 188 valence electrons. The molecular weight excluding hydrogens is 470 g/mol. The molecule has 1 heterocycles. The minimum atomic E-state index is -0.0207. The standard InChI is InChI=1S/C30H34ClN3O2/c1-21-11-4-5-12-25(21)30(35)32-16-10-15-28-33-26-13-6-7-14-27(26)34(28)17-8-9-18-36-24-19-22(2)29(31)23(3)20-24/h4-7,11-14,19-20H,8-10,15-18H2,1-3H3,(H,32,35). The van der Waals surface area contributed by atoms with E-state index in [4.69, 9.17) is 21.3 Å². The number of ether oxygens (including phenoxy) is 1. The molecule has 0 atom stereocenters. The first-order chi connectivity index (χ1) is 17.4. The number of imidazole rings is 1. The number of hydrogen-bond acceptors (Lipinski definition) is 3. The van der Waals surface area contributed by atoms with E-state index in [2.05, 4.69) is 28.1 Å². The third kappa shape index (κ3) is 6.27. The van der Waals surface area contributed by atoms with Crippen molar-refractivity contribution in [3.05, 3.63) is 93.8 Å². The summed E-state index contributed by atoms with van der Waals surface area (Å²) in [7, 11) is 0. The van der Waals surface area contributed by atoms with Crippen LogP contribution >= 0.6 is 11.6 Å². The molecule has 3 aromatic carbocycles. The number of hydrogen-bond donors (Lipinski definition) is 1. The average molecular weight is 504 g/mol. The fourth-order valence-electron chi connectivity index (χ4n) is 4.49. The van der Waals surface area contributed by atoms with Crippen LogP contribution in [0.4, 0.5) is 0 Å². The van der Waals surface area contributed by atoms with Crippen molar-refractivity contribution in [2.24, 2.45) is 0 Å². The molecule has 0 aliphatic heterocycles. The van der Waals surface area contributed by atoms with Crippen LogP contribution in [0.5, 0.6) is 5.75 Å². The van der Waals surface area contributed by atoms with E-state index >= 15 is 0 Å². The molecule has 1 N–H and O–H groups in total. The zero-order valence-corrected chi connectivity index (χ0v) is 22.1. The van der Waals surface area contributed by atoms with E-state index in [0.717, 1.165) is 82.1 Å². The Morgan fingerprint density at radius 2 is 1.67 bits per heavy atom. The first-order valence-corrected chi connectivity index (χ1v) is 13.0. The Kier molecular flexibility index (Phi) is 8.65. The maximum Gasteiger partial charge on any atom is 0.251 e. The summed E-state index contributed by atoms with van der Waals surface area (Å²) in [6.07, 6.45) is 3.57. The van der Waals surface area contributed by atoms with Crippen molar-refractivity contribution in [1.29, 1.82) is 0 Å². The van der Waals surface area contributed by atoms with Crippen LogP contribution in [0.15, 0.2) is 60.7 Å². The lowest BCUT2D eigenvalue weighted by atomic mass is 10.1. The van der Waals surface area contributed by atoms with E-state index in [-0.39, 0.29) is 5.91 Å². The molecule has 5 nitrogen and oxygen atoms in total. The number of para-hydroxylation sites is 2. The van der Waals surface area contributed by atoms with Crippen LogP contribution < -0.4 is 10.1 Å². The highest BCUT2D eigenvalue weighted by Crippen LogP contribution is 2.26. The summed E-state index contributed by atoms with van der Waals surface area (Å²) in [5, 5.41) is 3.85. The normalized spacial score (nSPS) is 11.1. The number of benzene rings is 3. The molecule has 0 unspecified atom stereocenters.